The van der Waals surface area contributed by atoms with Crippen molar-refractivity contribution in [1.82, 2.24) is 9.55 Å². The van der Waals surface area contributed by atoms with Gasteiger partial charge in [0.1, 0.15) is 30.7 Å². The van der Waals surface area contributed by atoms with Crippen molar-refractivity contribution in [1.29, 1.82) is 0 Å². The molecule has 0 aromatic carbocycles. The lowest BCUT2D eigenvalue weighted by atomic mass is 10.1. The van der Waals surface area contributed by atoms with Crippen LogP contribution in [0.15, 0.2) is 11.0 Å². The SMILES string of the molecule is CC(C)c1cn([C@@H]2O[C@H](CO[P+](=O)O)[C@@H](O)[C@H]2O)c(=O)nc1N. The van der Waals surface area contributed by atoms with Gasteiger partial charge in [0.05, 0.1) is 0 Å². The molecule has 5 atom stereocenters. The lowest BCUT2D eigenvalue weighted by molar-refractivity contribution is -0.0518. The van der Waals surface area contributed by atoms with Crippen molar-refractivity contribution < 1.29 is 28.9 Å². The first-order chi connectivity index (χ1) is 10.7. The van der Waals surface area contributed by atoms with E-state index in [1.165, 1.54) is 6.20 Å². The summed E-state index contributed by atoms with van der Waals surface area (Å²) in [7, 11) is -2.86. The second-order valence-corrected chi connectivity index (χ2v) is 6.24. The van der Waals surface area contributed by atoms with Gasteiger partial charge in [-0.25, -0.2) is 4.79 Å². The number of aromatic nitrogens is 2. The number of aliphatic hydroxyl groups is 2. The quantitative estimate of drug-likeness (QED) is 0.502. The minimum absolute atomic E-state index is 0.0182. The number of nitrogens with zero attached hydrogens (tertiary/aromatic N) is 2. The molecule has 0 bridgehead atoms. The monoisotopic (exact) mass is 348 g/mol. The molecule has 23 heavy (non-hydrogen) atoms. The van der Waals surface area contributed by atoms with Gasteiger partial charge in [0.2, 0.25) is 0 Å². The largest absolute Gasteiger partial charge is 0.694 e. The molecule has 1 aromatic heterocycles. The van der Waals surface area contributed by atoms with Crippen LogP contribution in [0.5, 0.6) is 0 Å². The Balaban J connectivity index is 2.30. The van der Waals surface area contributed by atoms with Crippen LogP contribution in [0, 0.1) is 0 Å². The van der Waals surface area contributed by atoms with Crippen LogP contribution in [0.4, 0.5) is 5.82 Å². The molecule has 11 heteroatoms. The minimum atomic E-state index is -2.86. The molecule has 0 aliphatic carbocycles. The van der Waals surface area contributed by atoms with Crippen LogP contribution >= 0.6 is 8.25 Å². The summed E-state index contributed by atoms with van der Waals surface area (Å²) >= 11 is 0. The van der Waals surface area contributed by atoms with Gasteiger partial charge >= 0.3 is 13.9 Å². The van der Waals surface area contributed by atoms with Crippen LogP contribution < -0.4 is 11.4 Å². The highest BCUT2D eigenvalue weighted by atomic mass is 31.1. The van der Waals surface area contributed by atoms with Gasteiger partial charge in [-0.15, -0.1) is 9.42 Å². The number of ether oxygens (including phenoxy) is 1. The average Bonchev–Trinajstić information content (AvgIpc) is 2.73. The number of anilines is 1. The molecular formula is C12H19N3O7P+. The maximum Gasteiger partial charge on any atom is 0.694 e. The molecule has 0 spiro atoms. The van der Waals surface area contributed by atoms with Crippen LogP contribution in [0.1, 0.15) is 31.6 Å². The van der Waals surface area contributed by atoms with E-state index in [1.807, 2.05) is 13.8 Å². The van der Waals surface area contributed by atoms with E-state index in [0.29, 0.717) is 5.56 Å². The Morgan fingerprint density at radius 1 is 1.48 bits per heavy atom. The maximum atomic E-state index is 12.0. The summed E-state index contributed by atoms with van der Waals surface area (Å²) in [6.07, 6.45) is -3.65. The summed E-state index contributed by atoms with van der Waals surface area (Å²) in [6.45, 7) is 3.31. The van der Waals surface area contributed by atoms with Gasteiger partial charge in [0.15, 0.2) is 6.23 Å². The lowest BCUT2D eigenvalue weighted by Crippen LogP contribution is -2.36. The van der Waals surface area contributed by atoms with E-state index in [2.05, 4.69) is 9.51 Å². The lowest BCUT2D eigenvalue weighted by Gasteiger charge is -2.19. The predicted octanol–water partition coefficient (Wildman–Crippen LogP) is -0.766. The number of aliphatic hydroxyl groups excluding tert-OH is 2. The highest BCUT2D eigenvalue weighted by Gasteiger charge is 2.45. The Morgan fingerprint density at radius 3 is 2.70 bits per heavy atom. The molecule has 1 aromatic rings. The molecule has 1 fully saturated rings. The van der Waals surface area contributed by atoms with Gasteiger partial charge in [-0.3, -0.25) is 4.57 Å². The van der Waals surface area contributed by atoms with Crippen molar-refractivity contribution in [2.24, 2.45) is 0 Å². The highest BCUT2D eigenvalue weighted by Crippen LogP contribution is 2.31. The second-order valence-electron chi connectivity index (χ2n) is 5.51. The van der Waals surface area contributed by atoms with E-state index in [4.69, 9.17) is 15.4 Å². The van der Waals surface area contributed by atoms with E-state index in [0.717, 1.165) is 4.57 Å². The summed E-state index contributed by atoms with van der Waals surface area (Å²) < 4.78 is 21.5. The summed E-state index contributed by atoms with van der Waals surface area (Å²) in [5.74, 6) is 0.0711. The molecule has 0 radical (unpaired) electrons. The van der Waals surface area contributed by atoms with Crippen molar-refractivity contribution in [3.05, 3.63) is 22.2 Å². The van der Waals surface area contributed by atoms with E-state index < -0.39 is 45.1 Å². The summed E-state index contributed by atoms with van der Waals surface area (Å²) in [5.41, 5.74) is 5.56. The van der Waals surface area contributed by atoms with Gasteiger partial charge in [-0.2, -0.15) is 4.98 Å². The molecule has 1 aliphatic heterocycles. The van der Waals surface area contributed by atoms with Crippen molar-refractivity contribution in [3.63, 3.8) is 0 Å². The highest BCUT2D eigenvalue weighted by molar-refractivity contribution is 7.32. The van der Waals surface area contributed by atoms with Crippen molar-refractivity contribution in [2.75, 3.05) is 12.3 Å². The summed E-state index contributed by atoms with van der Waals surface area (Å²) in [5, 5.41) is 20.0. The number of nitrogen functional groups attached to an aromatic ring is 1. The van der Waals surface area contributed by atoms with E-state index >= 15 is 0 Å². The number of rotatable bonds is 5. The van der Waals surface area contributed by atoms with E-state index in [-0.39, 0.29) is 11.7 Å². The Hall–Kier alpha value is -1.42. The molecule has 10 nitrogen and oxygen atoms in total. The molecule has 1 aliphatic rings. The predicted molar refractivity (Wildman–Crippen MR) is 78.7 cm³/mol. The van der Waals surface area contributed by atoms with E-state index in [9.17, 15) is 19.6 Å². The molecule has 1 saturated heterocycles. The van der Waals surface area contributed by atoms with Gasteiger partial charge in [-0.05, 0) is 5.92 Å². The molecule has 128 valence electrons. The topological polar surface area (TPSA) is 157 Å². The standard InChI is InChI=1S/C12H18N3O7P/c1-5(2)6-3-15(12(18)14-10(6)13)11-9(17)8(16)7(22-11)4-21-23(19)20/h3,5,7-9,11,16-17H,4H2,1-2H3,(H2-,13,14,18,19,20)/p+1/t7-,8-,9-,11-/m1/s1. The number of hydrogen-bond acceptors (Lipinski definition) is 8. The smallest absolute Gasteiger partial charge is 0.387 e. The Labute approximate surface area is 132 Å². The van der Waals surface area contributed by atoms with Crippen LogP contribution in [0.25, 0.3) is 0 Å². The molecule has 0 amide bonds. The Morgan fingerprint density at radius 2 is 2.13 bits per heavy atom. The van der Waals surface area contributed by atoms with Crippen molar-refractivity contribution >= 4 is 14.1 Å². The summed E-state index contributed by atoms with van der Waals surface area (Å²) in [4.78, 5) is 24.3. The van der Waals surface area contributed by atoms with Crippen LogP contribution in [-0.2, 0) is 13.8 Å². The minimum Gasteiger partial charge on any atom is -0.387 e. The third-order valence-corrected chi connectivity index (χ3v) is 3.96. The average molecular weight is 348 g/mol. The van der Waals surface area contributed by atoms with E-state index in [1.54, 1.807) is 0 Å². The molecule has 2 rings (SSSR count). The number of nitrogens with two attached hydrogens (primary N) is 1. The molecule has 1 unspecified atom stereocenters. The Bertz CT molecular complexity index is 650. The molecule has 2 heterocycles. The molecular weight excluding hydrogens is 329 g/mol. The summed E-state index contributed by atoms with van der Waals surface area (Å²) in [6, 6.07) is 0. The first-order valence-corrected chi connectivity index (χ1v) is 8.04. The zero-order valence-corrected chi connectivity index (χ0v) is 13.5. The van der Waals surface area contributed by atoms with Gasteiger partial charge in [0, 0.05) is 16.3 Å². The van der Waals surface area contributed by atoms with Gasteiger partial charge < -0.3 is 20.7 Å². The Kier molecular flexibility index (Phi) is 5.45. The molecule has 0 saturated carbocycles. The van der Waals surface area contributed by atoms with Crippen LogP contribution in [-0.4, -0.2) is 49.6 Å². The second kappa shape index (κ2) is 7.00. The first kappa shape index (κ1) is 17.9. The molecule has 5 N–H and O–H groups in total. The van der Waals surface area contributed by atoms with Gasteiger partial charge in [-0.1, -0.05) is 13.8 Å². The normalized spacial score (nSPS) is 28.3. The third kappa shape index (κ3) is 3.74. The van der Waals surface area contributed by atoms with Crippen molar-refractivity contribution in [3.8, 4) is 0 Å². The fraction of sp³-hybridized carbons (Fsp3) is 0.667. The fourth-order valence-corrected chi connectivity index (χ4v) is 2.63. The third-order valence-electron chi connectivity index (χ3n) is 3.59. The first-order valence-electron chi connectivity index (χ1n) is 6.91. The van der Waals surface area contributed by atoms with Crippen LogP contribution in [0.2, 0.25) is 0 Å². The maximum absolute atomic E-state index is 12.0. The fourth-order valence-electron chi connectivity index (χ4n) is 2.36. The van der Waals surface area contributed by atoms with Gasteiger partial charge in [0.25, 0.3) is 0 Å². The van der Waals surface area contributed by atoms with Crippen molar-refractivity contribution in [2.45, 2.75) is 44.3 Å². The van der Waals surface area contributed by atoms with Crippen LogP contribution in [0.3, 0.4) is 0 Å². The zero-order chi connectivity index (χ0) is 17.3. The number of hydrogen-bond donors (Lipinski definition) is 4. The zero-order valence-electron chi connectivity index (χ0n) is 12.6.